The van der Waals surface area contributed by atoms with E-state index in [0.717, 1.165) is 118 Å². The Balaban J connectivity index is 1.61. The van der Waals surface area contributed by atoms with E-state index in [0.29, 0.717) is 0 Å². The van der Waals surface area contributed by atoms with Crippen molar-refractivity contribution >= 4 is 22.3 Å². The van der Waals surface area contributed by atoms with Gasteiger partial charge in [0, 0.05) is 66.8 Å². The molecule has 0 aliphatic heterocycles. The molecule has 1 unspecified atom stereocenters. The molecule has 0 saturated heterocycles. The highest BCUT2D eigenvalue weighted by molar-refractivity contribution is 6.16. The Labute approximate surface area is 435 Å². The van der Waals surface area contributed by atoms with Crippen LogP contribution in [0.4, 0.5) is 0 Å². The van der Waals surface area contributed by atoms with Gasteiger partial charge in [-0.3, -0.25) is 0 Å². The van der Waals surface area contributed by atoms with Gasteiger partial charge in [0.25, 0.3) is 0 Å². The van der Waals surface area contributed by atoms with E-state index in [1.54, 1.807) is 0 Å². The van der Waals surface area contributed by atoms with Gasteiger partial charge in [-0.25, -0.2) is 0 Å². The van der Waals surface area contributed by atoms with Crippen LogP contribution in [0.25, 0.3) is 22.3 Å². The van der Waals surface area contributed by atoms with Crippen LogP contribution in [-0.2, 0) is 0 Å². The summed E-state index contributed by atoms with van der Waals surface area (Å²) in [5, 5.41) is 0. The molecule has 352 valence electrons. The summed E-state index contributed by atoms with van der Waals surface area (Å²) in [6.07, 6.45) is 5.38. The standard InChI is InChI=1S/C73H60/c1-49-10-25-58(26-11-49)31-44-66-70(62-35-16-52(4)17-36-62)67(45-32-59-27-12-50(2)13-28-59)72(64-39-20-54(6)21-40-64)69(47-43-61-34-24-56(8)48-57(61)9)73(65-41-22-55(7)23-42-65)68(46-33-60-29-14-51(3)15-30-60)71(66)63-37-18-53(5)19-38-63/h10-30,34-42,57H,48H2,1-9H3/b70-66-,70-67?,71-66?,71-68-,72-67-,72-69?,73-68?,73-69-. The molecule has 7 aromatic carbocycles. The minimum atomic E-state index is 0.244. The second-order valence-electron chi connectivity index (χ2n) is 19.8. The topological polar surface area (TPSA) is 0 Å². The highest BCUT2D eigenvalue weighted by Crippen LogP contribution is 2.48. The lowest BCUT2D eigenvalue weighted by atomic mass is 9.74. The highest BCUT2D eigenvalue weighted by Gasteiger charge is 2.31. The van der Waals surface area contributed by atoms with E-state index >= 15 is 0 Å². The minimum Gasteiger partial charge on any atom is -0.0727 e. The Morgan fingerprint density at radius 3 is 0.753 bits per heavy atom. The zero-order valence-corrected chi connectivity index (χ0v) is 43.6. The molecule has 0 amide bonds. The van der Waals surface area contributed by atoms with Gasteiger partial charge < -0.3 is 0 Å². The summed E-state index contributed by atoms with van der Waals surface area (Å²) in [6.45, 7) is 19.4. The minimum absolute atomic E-state index is 0.244. The maximum atomic E-state index is 3.99. The van der Waals surface area contributed by atoms with Crippen molar-refractivity contribution in [1.29, 1.82) is 0 Å². The molecule has 0 nitrogen and oxygen atoms in total. The van der Waals surface area contributed by atoms with Crippen molar-refractivity contribution in [3.63, 3.8) is 0 Å². The van der Waals surface area contributed by atoms with Crippen molar-refractivity contribution in [2.45, 2.75) is 68.7 Å². The molecule has 0 heterocycles. The summed E-state index contributed by atoms with van der Waals surface area (Å²) in [6, 6.07) is 60.8. The van der Waals surface area contributed by atoms with Gasteiger partial charge in [0.1, 0.15) is 0 Å². The molecule has 0 fully saturated rings. The van der Waals surface area contributed by atoms with E-state index in [1.807, 2.05) is 0 Å². The highest BCUT2D eigenvalue weighted by atomic mass is 14.3. The first-order valence-electron chi connectivity index (χ1n) is 25.3. The number of hydrogen-bond acceptors (Lipinski definition) is 0. The van der Waals surface area contributed by atoms with Gasteiger partial charge in [0.15, 0.2) is 0 Å². The fraction of sp³-hybridized carbons (Fsp3) is 0.151. The van der Waals surface area contributed by atoms with Crippen LogP contribution >= 0.6 is 0 Å². The van der Waals surface area contributed by atoms with Gasteiger partial charge in [0.2, 0.25) is 0 Å². The molecule has 0 radical (unpaired) electrons. The van der Waals surface area contributed by atoms with Gasteiger partial charge in [-0.05, 0) is 126 Å². The summed E-state index contributed by atoms with van der Waals surface area (Å²) in [7, 11) is 0. The molecular formula is C73H60. The lowest BCUT2D eigenvalue weighted by molar-refractivity contribution is 0.683. The van der Waals surface area contributed by atoms with Crippen LogP contribution in [0.1, 0.15) is 98.2 Å². The Kier molecular flexibility index (Phi) is 14.9. The monoisotopic (exact) mass is 936 g/mol. The van der Waals surface area contributed by atoms with Crippen LogP contribution in [-0.4, -0.2) is 0 Å². The Morgan fingerprint density at radius 2 is 0.507 bits per heavy atom. The molecule has 0 bridgehead atoms. The number of aryl methyl sites for hydroxylation is 7. The fourth-order valence-electron chi connectivity index (χ4n) is 9.21. The maximum absolute atomic E-state index is 3.99. The smallest absolute Gasteiger partial charge is 0.0431 e. The van der Waals surface area contributed by atoms with Crippen LogP contribution in [0.5, 0.6) is 0 Å². The molecule has 73 heavy (non-hydrogen) atoms. The van der Waals surface area contributed by atoms with Crippen LogP contribution in [0.15, 0.2) is 215 Å². The Bertz CT molecular complexity index is 3630. The zero-order valence-electron chi connectivity index (χ0n) is 43.6. The van der Waals surface area contributed by atoms with E-state index in [9.17, 15) is 0 Å². The summed E-state index contributed by atoms with van der Waals surface area (Å²) in [5.74, 6) is 31.0. The van der Waals surface area contributed by atoms with Crippen molar-refractivity contribution < 1.29 is 0 Å². The second kappa shape index (κ2) is 22.1. The lowest BCUT2D eigenvalue weighted by Gasteiger charge is -2.27. The first-order valence-corrected chi connectivity index (χ1v) is 25.3. The largest absolute Gasteiger partial charge is 0.0727 e. The quantitative estimate of drug-likeness (QED) is 0.154. The molecule has 0 saturated carbocycles. The number of hydrogen-bond donors (Lipinski definition) is 0. The third-order valence-corrected chi connectivity index (χ3v) is 13.5. The second-order valence-corrected chi connectivity index (χ2v) is 19.8. The average molecular weight is 937 g/mol. The maximum Gasteiger partial charge on any atom is 0.0431 e. The van der Waals surface area contributed by atoms with E-state index in [1.165, 1.54) is 22.3 Å². The molecule has 0 aromatic heterocycles. The summed E-state index contributed by atoms with van der Waals surface area (Å²) >= 11 is 0. The third kappa shape index (κ3) is 11.7. The van der Waals surface area contributed by atoms with Gasteiger partial charge >= 0.3 is 0 Å². The van der Waals surface area contributed by atoms with Gasteiger partial charge in [-0.15, -0.1) is 0 Å². The number of benzene rings is 7. The first-order chi connectivity index (χ1) is 35.4. The lowest BCUT2D eigenvalue weighted by Crippen LogP contribution is -2.10. The molecule has 1 atom stereocenters. The Morgan fingerprint density at radius 1 is 0.274 bits per heavy atom. The molecule has 2 aliphatic rings. The molecular weight excluding hydrogens is 877 g/mol. The third-order valence-electron chi connectivity index (χ3n) is 13.5. The SMILES string of the molecule is CC1=CC=C(C#CC2=C(c3ccc(C)cc3)/C(C#Cc3ccc(C)cc3)=C(c3ccc(C)cc3)\C(C#Cc3ccc(C)cc3)=C(c3ccc(C)cc3)/C(C#Cc3ccc(C)cc3)=C\2c2ccc(C)cc2)C(C)C1. The van der Waals surface area contributed by atoms with E-state index in [4.69, 9.17) is 0 Å². The van der Waals surface area contributed by atoms with E-state index < -0.39 is 0 Å². The predicted octanol–water partition coefficient (Wildman–Crippen LogP) is 17.0. The molecule has 0 spiro atoms. The molecule has 2 aliphatic carbocycles. The first kappa shape index (κ1) is 49.2. The summed E-state index contributed by atoms with van der Waals surface area (Å²) < 4.78 is 0. The molecule has 0 N–H and O–H groups in total. The van der Waals surface area contributed by atoms with Gasteiger partial charge in [-0.1, -0.05) is 244 Å². The van der Waals surface area contributed by atoms with E-state index in [2.05, 4.69) is 292 Å². The molecule has 0 heteroatoms. The Hall–Kier alpha value is -8.78. The van der Waals surface area contributed by atoms with Gasteiger partial charge in [-0.2, -0.15) is 0 Å². The van der Waals surface area contributed by atoms with Crippen molar-refractivity contribution in [2.75, 3.05) is 0 Å². The fourth-order valence-corrected chi connectivity index (χ4v) is 9.21. The van der Waals surface area contributed by atoms with Crippen LogP contribution in [0.2, 0.25) is 0 Å². The van der Waals surface area contributed by atoms with Crippen LogP contribution in [0.3, 0.4) is 0 Å². The van der Waals surface area contributed by atoms with Crippen molar-refractivity contribution in [3.8, 4) is 47.4 Å². The van der Waals surface area contributed by atoms with E-state index in [-0.39, 0.29) is 5.92 Å². The number of rotatable bonds is 4. The van der Waals surface area contributed by atoms with Crippen LogP contribution < -0.4 is 0 Å². The predicted molar refractivity (Wildman–Crippen MR) is 310 cm³/mol. The molecule has 9 rings (SSSR count). The van der Waals surface area contributed by atoms with Crippen molar-refractivity contribution in [1.82, 2.24) is 0 Å². The summed E-state index contributed by atoms with van der Waals surface area (Å²) in [4.78, 5) is 0. The molecule has 7 aromatic rings. The average Bonchev–Trinajstić information content (AvgIpc) is 3.38. The van der Waals surface area contributed by atoms with Gasteiger partial charge in [0.05, 0.1) is 0 Å². The summed E-state index contributed by atoms with van der Waals surface area (Å²) in [5.41, 5.74) is 24.3. The van der Waals surface area contributed by atoms with Crippen molar-refractivity contribution in [2.24, 2.45) is 5.92 Å². The number of allylic oxidation sites excluding steroid dienone is 12. The van der Waals surface area contributed by atoms with Crippen LogP contribution in [0, 0.1) is 102 Å². The van der Waals surface area contributed by atoms with Crippen molar-refractivity contribution in [3.05, 3.63) is 293 Å². The zero-order chi connectivity index (χ0) is 51.0. The normalized spacial score (nSPS) is 18.5.